The highest BCUT2D eigenvalue weighted by Gasteiger charge is 2.19. The van der Waals surface area contributed by atoms with E-state index in [0.717, 1.165) is 36.0 Å². The Morgan fingerprint density at radius 3 is 2.77 bits per heavy atom. The molecule has 0 fully saturated rings. The first kappa shape index (κ1) is 16.1. The summed E-state index contributed by atoms with van der Waals surface area (Å²) in [5.41, 5.74) is 3.50. The van der Waals surface area contributed by atoms with Crippen LogP contribution in [0.25, 0.3) is 10.9 Å². The summed E-state index contributed by atoms with van der Waals surface area (Å²) in [5, 5.41) is 12.1. The normalized spacial score (nSPS) is 12.6. The van der Waals surface area contributed by atoms with Crippen LogP contribution in [0, 0.1) is 11.3 Å². The van der Waals surface area contributed by atoms with E-state index in [9.17, 15) is 9.59 Å². The van der Waals surface area contributed by atoms with E-state index in [1.54, 1.807) is 36.5 Å². The molecule has 0 atom stereocenters. The number of benzene rings is 2. The molecule has 0 spiro atoms. The predicted octanol–water partition coefficient (Wildman–Crippen LogP) is 3.27. The van der Waals surface area contributed by atoms with Gasteiger partial charge in [0.25, 0.3) is 5.91 Å². The van der Waals surface area contributed by atoms with Gasteiger partial charge < -0.3 is 9.88 Å². The highest BCUT2D eigenvalue weighted by Crippen LogP contribution is 2.23. The van der Waals surface area contributed by atoms with Gasteiger partial charge in [0.2, 0.25) is 5.43 Å². The first-order valence-corrected chi connectivity index (χ1v) is 8.59. The lowest BCUT2D eigenvalue weighted by Gasteiger charge is -2.20. The molecule has 0 aliphatic carbocycles. The molecular formula is C21H17N3O2. The lowest BCUT2D eigenvalue weighted by Crippen LogP contribution is -2.25. The third-order valence-corrected chi connectivity index (χ3v) is 4.77. The smallest absolute Gasteiger partial charge is 0.261 e. The Morgan fingerprint density at radius 1 is 1.19 bits per heavy atom. The Hall–Kier alpha value is -3.39. The van der Waals surface area contributed by atoms with Gasteiger partial charge in [0.1, 0.15) is 5.56 Å². The van der Waals surface area contributed by atoms with E-state index in [4.69, 9.17) is 5.26 Å². The highest BCUT2D eigenvalue weighted by atomic mass is 16.2. The third kappa shape index (κ3) is 2.76. The molecule has 128 valence electrons. The predicted molar refractivity (Wildman–Crippen MR) is 100 cm³/mol. The number of aryl methyl sites for hydroxylation is 2. The maximum atomic E-state index is 12.8. The van der Waals surface area contributed by atoms with Crippen molar-refractivity contribution in [2.75, 3.05) is 5.32 Å². The molecule has 2 aromatic carbocycles. The number of aromatic nitrogens is 1. The molecule has 1 aliphatic rings. The molecule has 5 heteroatoms. The second-order valence-corrected chi connectivity index (χ2v) is 6.47. The SMILES string of the molecule is N#CCc1ccc(NC(=O)c2cn3c4c(cccc4c2=O)CCC3)cc1. The van der Waals surface area contributed by atoms with Gasteiger partial charge in [-0.3, -0.25) is 9.59 Å². The van der Waals surface area contributed by atoms with Crippen LogP contribution in [-0.4, -0.2) is 10.5 Å². The zero-order chi connectivity index (χ0) is 18.1. The molecule has 5 nitrogen and oxygen atoms in total. The van der Waals surface area contributed by atoms with Crippen LogP contribution in [-0.2, 0) is 19.4 Å². The molecule has 3 aromatic rings. The van der Waals surface area contributed by atoms with Gasteiger partial charge in [-0.25, -0.2) is 0 Å². The maximum Gasteiger partial charge on any atom is 0.261 e. The van der Waals surface area contributed by atoms with E-state index >= 15 is 0 Å². The number of anilines is 1. The average Bonchev–Trinajstić information content (AvgIpc) is 2.66. The molecule has 0 saturated carbocycles. The van der Waals surface area contributed by atoms with E-state index in [1.165, 1.54) is 0 Å². The number of nitriles is 1. The van der Waals surface area contributed by atoms with Crippen molar-refractivity contribution in [3.63, 3.8) is 0 Å². The Kier molecular flexibility index (Phi) is 4.02. The summed E-state index contributed by atoms with van der Waals surface area (Å²) < 4.78 is 2.01. The van der Waals surface area contributed by atoms with Gasteiger partial charge in [0.05, 0.1) is 18.0 Å². The third-order valence-electron chi connectivity index (χ3n) is 4.77. The quantitative estimate of drug-likeness (QED) is 0.793. The molecular weight excluding hydrogens is 326 g/mol. The summed E-state index contributed by atoms with van der Waals surface area (Å²) in [6.07, 6.45) is 3.95. The van der Waals surface area contributed by atoms with Crippen LogP contribution in [0.3, 0.4) is 0 Å². The van der Waals surface area contributed by atoms with Gasteiger partial charge in [-0.1, -0.05) is 24.3 Å². The van der Waals surface area contributed by atoms with Crippen molar-refractivity contribution in [2.45, 2.75) is 25.8 Å². The van der Waals surface area contributed by atoms with Crippen LogP contribution in [0.1, 0.15) is 27.9 Å². The summed E-state index contributed by atoms with van der Waals surface area (Å²) in [6.45, 7) is 0.803. The van der Waals surface area contributed by atoms with Gasteiger partial charge in [-0.2, -0.15) is 5.26 Å². The Bertz CT molecular complexity index is 1110. The second-order valence-electron chi connectivity index (χ2n) is 6.47. The molecule has 1 aromatic heterocycles. The Morgan fingerprint density at radius 2 is 2.00 bits per heavy atom. The van der Waals surface area contributed by atoms with Gasteiger partial charge in [0, 0.05) is 23.8 Å². The summed E-state index contributed by atoms with van der Waals surface area (Å²) in [5.74, 6) is -0.412. The fraction of sp³-hybridized carbons (Fsp3) is 0.190. The first-order valence-electron chi connectivity index (χ1n) is 8.59. The number of para-hydroxylation sites is 1. The molecule has 1 aliphatic heterocycles. The minimum Gasteiger partial charge on any atom is -0.346 e. The molecule has 4 rings (SSSR count). The lowest BCUT2D eigenvalue weighted by molar-refractivity contribution is 0.102. The zero-order valence-electron chi connectivity index (χ0n) is 14.2. The fourth-order valence-corrected chi connectivity index (χ4v) is 3.51. The van der Waals surface area contributed by atoms with Crippen LogP contribution >= 0.6 is 0 Å². The maximum absolute atomic E-state index is 12.8. The molecule has 0 unspecified atom stereocenters. The van der Waals surface area contributed by atoms with Crippen LogP contribution < -0.4 is 10.7 Å². The highest BCUT2D eigenvalue weighted by molar-refractivity contribution is 6.06. The summed E-state index contributed by atoms with van der Waals surface area (Å²) in [6, 6.07) is 14.9. The number of hydrogen-bond donors (Lipinski definition) is 1. The molecule has 0 saturated heterocycles. The van der Waals surface area contributed by atoms with Crippen molar-refractivity contribution in [2.24, 2.45) is 0 Å². The van der Waals surface area contributed by atoms with Crippen molar-refractivity contribution in [3.05, 3.63) is 75.6 Å². The van der Waals surface area contributed by atoms with Crippen LogP contribution in [0.5, 0.6) is 0 Å². The molecule has 26 heavy (non-hydrogen) atoms. The monoisotopic (exact) mass is 343 g/mol. The topological polar surface area (TPSA) is 74.9 Å². The van der Waals surface area contributed by atoms with Gasteiger partial charge in [-0.15, -0.1) is 0 Å². The fourth-order valence-electron chi connectivity index (χ4n) is 3.51. The zero-order valence-corrected chi connectivity index (χ0v) is 14.2. The summed E-state index contributed by atoms with van der Waals surface area (Å²) in [4.78, 5) is 25.5. The number of nitrogens with zero attached hydrogens (tertiary/aromatic N) is 2. The number of rotatable bonds is 3. The van der Waals surface area contributed by atoms with E-state index in [2.05, 4.69) is 11.4 Å². The van der Waals surface area contributed by atoms with Crippen LogP contribution in [0.15, 0.2) is 53.5 Å². The Labute approximate surface area is 150 Å². The molecule has 1 amide bonds. The molecule has 0 bridgehead atoms. The van der Waals surface area contributed by atoms with Crippen molar-refractivity contribution in [1.29, 1.82) is 5.26 Å². The largest absolute Gasteiger partial charge is 0.346 e. The van der Waals surface area contributed by atoms with Crippen molar-refractivity contribution in [1.82, 2.24) is 4.57 Å². The molecule has 1 N–H and O–H groups in total. The van der Waals surface area contributed by atoms with E-state index in [1.807, 2.05) is 16.7 Å². The minimum atomic E-state index is -0.412. The van der Waals surface area contributed by atoms with Gasteiger partial charge >= 0.3 is 0 Å². The summed E-state index contributed by atoms with van der Waals surface area (Å²) >= 11 is 0. The average molecular weight is 343 g/mol. The van der Waals surface area contributed by atoms with Crippen molar-refractivity contribution >= 4 is 22.5 Å². The van der Waals surface area contributed by atoms with E-state index < -0.39 is 5.91 Å². The lowest BCUT2D eigenvalue weighted by atomic mass is 9.99. The molecule has 0 radical (unpaired) electrons. The molecule has 2 heterocycles. The standard InChI is InChI=1S/C21H17N3O2/c22-11-10-14-6-8-16(9-7-14)23-21(26)18-13-24-12-2-4-15-3-1-5-17(19(15)24)20(18)25/h1,3,5-9,13H,2,4,10,12H2,(H,23,26). The van der Waals surface area contributed by atoms with Crippen molar-refractivity contribution in [3.8, 4) is 6.07 Å². The van der Waals surface area contributed by atoms with E-state index in [-0.39, 0.29) is 11.0 Å². The number of pyridine rings is 1. The number of carbonyl (C=O) groups is 1. The number of nitrogens with one attached hydrogen (secondary N) is 1. The summed E-state index contributed by atoms with van der Waals surface area (Å²) in [7, 11) is 0. The van der Waals surface area contributed by atoms with Gasteiger partial charge in [0.15, 0.2) is 0 Å². The Balaban J connectivity index is 1.70. The van der Waals surface area contributed by atoms with E-state index in [0.29, 0.717) is 17.5 Å². The van der Waals surface area contributed by atoms with Crippen LogP contribution in [0.2, 0.25) is 0 Å². The van der Waals surface area contributed by atoms with Crippen molar-refractivity contribution < 1.29 is 4.79 Å². The minimum absolute atomic E-state index is 0.151. The van der Waals surface area contributed by atoms with Crippen LogP contribution in [0.4, 0.5) is 5.69 Å². The second kappa shape index (κ2) is 6.49. The number of carbonyl (C=O) groups excluding carboxylic acids is 1. The van der Waals surface area contributed by atoms with Gasteiger partial charge in [-0.05, 0) is 42.2 Å². The first-order chi connectivity index (χ1) is 12.7. The number of hydrogen-bond acceptors (Lipinski definition) is 3. The number of amides is 1.